The van der Waals surface area contributed by atoms with E-state index in [2.05, 4.69) is 4.74 Å². The number of para-hydroxylation sites is 1. The van der Waals surface area contributed by atoms with Crippen molar-refractivity contribution in [2.45, 2.75) is 13.2 Å². The normalized spacial score (nSPS) is 10.7. The first-order valence-electron chi connectivity index (χ1n) is 7.74. The topological polar surface area (TPSA) is 44.5 Å². The molecule has 0 aromatic heterocycles. The van der Waals surface area contributed by atoms with Gasteiger partial charge >= 0.3 is 6.61 Å². The maximum absolute atomic E-state index is 12.5. The van der Waals surface area contributed by atoms with Crippen molar-refractivity contribution in [1.82, 2.24) is 0 Å². The zero-order valence-electron chi connectivity index (χ0n) is 13.4. The van der Waals surface area contributed by atoms with Crippen LogP contribution in [-0.2, 0) is 6.61 Å². The van der Waals surface area contributed by atoms with Crippen LogP contribution in [0.1, 0.15) is 5.56 Å². The van der Waals surface area contributed by atoms with Crippen LogP contribution < -0.4 is 15.2 Å². The van der Waals surface area contributed by atoms with Crippen LogP contribution in [-0.4, -0.2) is 6.61 Å². The lowest BCUT2D eigenvalue weighted by Crippen LogP contribution is -2.04. The van der Waals surface area contributed by atoms with Gasteiger partial charge < -0.3 is 15.2 Å². The van der Waals surface area contributed by atoms with Crippen LogP contribution in [0.5, 0.6) is 11.5 Å². The van der Waals surface area contributed by atoms with Crippen LogP contribution in [0.3, 0.4) is 0 Å². The first-order valence-corrected chi connectivity index (χ1v) is 7.74. The van der Waals surface area contributed by atoms with Crippen molar-refractivity contribution in [1.29, 1.82) is 0 Å². The summed E-state index contributed by atoms with van der Waals surface area (Å²) in [6.07, 6.45) is 0. The van der Waals surface area contributed by atoms with Gasteiger partial charge in [0.25, 0.3) is 0 Å². The summed E-state index contributed by atoms with van der Waals surface area (Å²) < 4.78 is 35.4. The van der Waals surface area contributed by atoms with E-state index in [-0.39, 0.29) is 11.4 Å². The molecule has 0 aliphatic rings. The Morgan fingerprint density at radius 3 is 2.32 bits per heavy atom. The highest BCUT2D eigenvalue weighted by atomic mass is 19.3. The number of benzene rings is 3. The first kappa shape index (κ1) is 16.8. The third kappa shape index (κ3) is 4.26. The molecule has 0 spiro atoms. The molecule has 0 saturated carbocycles. The number of hydrogen-bond acceptors (Lipinski definition) is 3. The van der Waals surface area contributed by atoms with E-state index in [0.29, 0.717) is 17.9 Å². The fraction of sp³-hybridized carbons (Fsp3) is 0.100. The van der Waals surface area contributed by atoms with Crippen molar-refractivity contribution in [2.24, 2.45) is 0 Å². The lowest BCUT2D eigenvalue weighted by atomic mass is 10.0. The van der Waals surface area contributed by atoms with Gasteiger partial charge in [-0.05, 0) is 29.3 Å². The van der Waals surface area contributed by atoms with Crippen LogP contribution in [0.25, 0.3) is 11.1 Å². The smallest absolute Gasteiger partial charge is 0.387 e. The molecule has 128 valence electrons. The summed E-state index contributed by atoms with van der Waals surface area (Å²) in [7, 11) is 0. The number of nitrogens with two attached hydrogens (primary N) is 1. The molecule has 25 heavy (non-hydrogen) atoms. The van der Waals surface area contributed by atoms with Crippen molar-refractivity contribution in [3.8, 4) is 22.6 Å². The lowest BCUT2D eigenvalue weighted by Gasteiger charge is -2.14. The van der Waals surface area contributed by atoms with Crippen molar-refractivity contribution >= 4 is 5.69 Å². The Morgan fingerprint density at radius 2 is 1.56 bits per heavy atom. The summed E-state index contributed by atoms with van der Waals surface area (Å²) in [6, 6.07) is 22.0. The number of anilines is 1. The molecule has 3 rings (SSSR count). The maximum atomic E-state index is 12.5. The Balaban J connectivity index is 1.87. The van der Waals surface area contributed by atoms with Crippen molar-refractivity contribution in [3.05, 3.63) is 78.4 Å². The van der Waals surface area contributed by atoms with Gasteiger partial charge in [0, 0.05) is 5.56 Å². The third-order valence-corrected chi connectivity index (χ3v) is 3.66. The molecular weight excluding hydrogens is 324 g/mol. The summed E-state index contributed by atoms with van der Waals surface area (Å²) in [4.78, 5) is 0. The van der Waals surface area contributed by atoms with Crippen molar-refractivity contribution < 1.29 is 18.3 Å². The molecule has 0 unspecified atom stereocenters. The average molecular weight is 341 g/mol. The van der Waals surface area contributed by atoms with Crippen molar-refractivity contribution in [2.75, 3.05) is 5.73 Å². The van der Waals surface area contributed by atoms with E-state index in [1.54, 1.807) is 12.1 Å². The van der Waals surface area contributed by atoms with Gasteiger partial charge in [0.2, 0.25) is 0 Å². The summed E-state index contributed by atoms with van der Waals surface area (Å²) >= 11 is 0. The Bertz CT molecular complexity index is 838. The lowest BCUT2D eigenvalue weighted by molar-refractivity contribution is -0.0492. The molecule has 5 heteroatoms. The summed E-state index contributed by atoms with van der Waals surface area (Å²) in [5.41, 5.74) is 8.36. The molecular formula is C20H17F2NO2. The van der Waals surface area contributed by atoms with E-state index in [9.17, 15) is 8.78 Å². The molecule has 0 fully saturated rings. The standard InChI is InChI=1S/C20H17F2NO2/c21-20(22)25-19-12-15(10-11-17(19)23)16-8-4-5-9-18(16)24-13-14-6-2-1-3-7-14/h1-12,20H,13,23H2. The Morgan fingerprint density at radius 1 is 0.840 bits per heavy atom. The number of alkyl halides is 2. The number of rotatable bonds is 6. The predicted octanol–water partition coefficient (Wildman–Crippen LogP) is 5.12. The summed E-state index contributed by atoms with van der Waals surface area (Å²) in [6.45, 7) is -2.52. The minimum absolute atomic E-state index is 0.0506. The van der Waals surface area contributed by atoms with Gasteiger partial charge in [0.1, 0.15) is 18.1 Å². The van der Waals surface area contributed by atoms with Gasteiger partial charge in [-0.25, -0.2) is 0 Å². The zero-order chi connectivity index (χ0) is 17.6. The summed E-state index contributed by atoms with van der Waals surface area (Å²) in [5.74, 6) is 0.601. The highest BCUT2D eigenvalue weighted by Gasteiger charge is 2.12. The Labute approximate surface area is 144 Å². The molecule has 0 bridgehead atoms. The van der Waals surface area contributed by atoms with Crippen LogP contribution in [0.2, 0.25) is 0 Å². The highest BCUT2D eigenvalue weighted by molar-refractivity contribution is 5.74. The van der Waals surface area contributed by atoms with E-state index in [1.807, 2.05) is 54.6 Å². The van der Waals surface area contributed by atoms with E-state index in [0.717, 1.165) is 11.1 Å². The minimum atomic E-state index is -2.93. The second-order valence-corrected chi connectivity index (χ2v) is 5.40. The van der Waals surface area contributed by atoms with E-state index >= 15 is 0 Å². The molecule has 3 aromatic carbocycles. The fourth-order valence-electron chi connectivity index (χ4n) is 2.47. The predicted molar refractivity (Wildman–Crippen MR) is 93.7 cm³/mol. The second-order valence-electron chi connectivity index (χ2n) is 5.40. The summed E-state index contributed by atoms with van der Waals surface area (Å²) in [5, 5.41) is 0. The molecule has 0 radical (unpaired) electrons. The molecule has 3 aromatic rings. The van der Waals surface area contributed by atoms with Crippen LogP contribution in [0.15, 0.2) is 72.8 Å². The first-order chi connectivity index (χ1) is 12.1. The molecule has 0 amide bonds. The van der Waals surface area contributed by atoms with Gasteiger partial charge in [0.05, 0.1) is 5.69 Å². The number of halogens is 2. The molecule has 0 saturated heterocycles. The minimum Gasteiger partial charge on any atom is -0.488 e. The van der Waals surface area contributed by atoms with Crippen molar-refractivity contribution in [3.63, 3.8) is 0 Å². The average Bonchev–Trinajstić information content (AvgIpc) is 2.63. The molecule has 0 aliphatic heterocycles. The van der Waals surface area contributed by atoms with Gasteiger partial charge in [0.15, 0.2) is 0 Å². The largest absolute Gasteiger partial charge is 0.488 e. The molecule has 3 nitrogen and oxygen atoms in total. The fourth-order valence-corrected chi connectivity index (χ4v) is 2.47. The molecule has 0 atom stereocenters. The second kappa shape index (κ2) is 7.66. The Kier molecular flexibility index (Phi) is 5.14. The van der Waals surface area contributed by atoms with Crippen LogP contribution in [0, 0.1) is 0 Å². The van der Waals surface area contributed by atoms with E-state index in [4.69, 9.17) is 10.5 Å². The maximum Gasteiger partial charge on any atom is 0.387 e. The molecule has 0 heterocycles. The molecule has 0 aliphatic carbocycles. The van der Waals surface area contributed by atoms with E-state index in [1.165, 1.54) is 6.07 Å². The SMILES string of the molecule is Nc1ccc(-c2ccccc2OCc2ccccc2)cc1OC(F)F. The number of hydrogen-bond donors (Lipinski definition) is 1. The van der Waals surface area contributed by atoms with Crippen LogP contribution in [0.4, 0.5) is 14.5 Å². The third-order valence-electron chi connectivity index (χ3n) is 3.66. The number of ether oxygens (including phenoxy) is 2. The zero-order valence-corrected chi connectivity index (χ0v) is 13.4. The number of nitrogen functional groups attached to an aromatic ring is 1. The van der Waals surface area contributed by atoms with E-state index < -0.39 is 6.61 Å². The van der Waals surface area contributed by atoms with Crippen LogP contribution >= 0.6 is 0 Å². The monoisotopic (exact) mass is 341 g/mol. The Hall–Kier alpha value is -3.08. The van der Waals surface area contributed by atoms with Gasteiger partial charge in [-0.15, -0.1) is 0 Å². The van der Waals surface area contributed by atoms with Gasteiger partial charge in [-0.3, -0.25) is 0 Å². The van der Waals surface area contributed by atoms with Gasteiger partial charge in [-0.1, -0.05) is 54.6 Å². The quantitative estimate of drug-likeness (QED) is 0.633. The van der Waals surface area contributed by atoms with Gasteiger partial charge in [-0.2, -0.15) is 8.78 Å². The highest BCUT2D eigenvalue weighted by Crippen LogP contribution is 2.35. The molecule has 2 N–H and O–H groups in total.